The standard InChI is InChI=1S/C17H25ClN2O5/c1-4-24-10-11-25-15-12(18)6-5-7-13(15)19-16(23)20-17(2,3)9-8-14(21)22/h5-7H,4,8-11H2,1-3H3,(H,21,22)(H2,19,20,23). The first kappa shape index (κ1) is 21.1. The van der Waals surface area contributed by atoms with Gasteiger partial charge in [-0.2, -0.15) is 0 Å². The number of benzene rings is 1. The van der Waals surface area contributed by atoms with Gasteiger partial charge in [0, 0.05) is 18.6 Å². The van der Waals surface area contributed by atoms with E-state index in [-0.39, 0.29) is 6.42 Å². The van der Waals surface area contributed by atoms with E-state index < -0.39 is 17.5 Å². The topological polar surface area (TPSA) is 96.9 Å². The molecule has 0 radical (unpaired) electrons. The first-order valence-electron chi connectivity index (χ1n) is 8.05. The Balaban J connectivity index is 2.69. The normalized spacial score (nSPS) is 11.0. The zero-order valence-electron chi connectivity index (χ0n) is 14.7. The molecule has 25 heavy (non-hydrogen) atoms. The van der Waals surface area contributed by atoms with E-state index in [0.29, 0.717) is 42.7 Å². The number of para-hydroxylation sites is 1. The van der Waals surface area contributed by atoms with Gasteiger partial charge in [0.05, 0.1) is 17.3 Å². The molecule has 1 aromatic carbocycles. The number of carboxylic acid groups (broad SMARTS) is 1. The number of amides is 2. The summed E-state index contributed by atoms with van der Waals surface area (Å²) in [6.07, 6.45) is 0.277. The second-order valence-electron chi connectivity index (χ2n) is 6.02. The highest BCUT2D eigenvalue weighted by Gasteiger charge is 2.22. The van der Waals surface area contributed by atoms with Crippen LogP contribution in [0.5, 0.6) is 5.75 Å². The van der Waals surface area contributed by atoms with Crippen LogP contribution in [0.2, 0.25) is 5.02 Å². The highest BCUT2D eigenvalue weighted by Crippen LogP contribution is 2.33. The van der Waals surface area contributed by atoms with E-state index in [9.17, 15) is 9.59 Å². The van der Waals surface area contributed by atoms with E-state index in [2.05, 4.69) is 10.6 Å². The van der Waals surface area contributed by atoms with Crippen molar-refractivity contribution in [3.05, 3.63) is 23.2 Å². The second-order valence-corrected chi connectivity index (χ2v) is 6.43. The lowest BCUT2D eigenvalue weighted by molar-refractivity contribution is -0.137. The molecule has 0 aliphatic rings. The summed E-state index contributed by atoms with van der Waals surface area (Å²) in [7, 11) is 0. The smallest absolute Gasteiger partial charge is 0.319 e. The number of carboxylic acids is 1. The number of rotatable bonds is 10. The third-order valence-electron chi connectivity index (χ3n) is 3.31. The SMILES string of the molecule is CCOCCOc1c(Cl)cccc1NC(=O)NC(C)(C)CCC(=O)O. The maximum atomic E-state index is 12.2. The van der Waals surface area contributed by atoms with Gasteiger partial charge in [0.2, 0.25) is 0 Å². The Labute approximate surface area is 152 Å². The highest BCUT2D eigenvalue weighted by molar-refractivity contribution is 6.32. The molecule has 0 aromatic heterocycles. The molecule has 2 amide bonds. The number of aliphatic carboxylic acids is 1. The summed E-state index contributed by atoms with van der Waals surface area (Å²) >= 11 is 6.14. The Morgan fingerprint density at radius 3 is 2.64 bits per heavy atom. The van der Waals surface area contributed by atoms with E-state index in [0.717, 1.165) is 0 Å². The molecule has 0 aliphatic heterocycles. The maximum Gasteiger partial charge on any atom is 0.319 e. The van der Waals surface area contributed by atoms with E-state index in [1.165, 1.54) is 0 Å². The van der Waals surface area contributed by atoms with Crippen LogP contribution in [0.3, 0.4) is 0 Å². The molecule has 0 saturated heterocycles. The molecular formula is C17H25ClN2O5. The van der Waals surface area contributed by atoms with Crippen molar-refractivity contribution in [2.75, 3.05) is 25.1 Å². The fourth-order valence-corrected chi connectivity index (χ4v) is 2.27. The molecule has 0 spiro atoms. The van der Waals surface area contributed by atoms with Gasteiger partial charge in [-0.1, -0.05) is 17.7 Å². The van der Waals surface area contributed by atoms with Crippen molar-refractivity contribution in [3.8, 4) is 5.75 Å². The lowest BCUT2D eigenvalue weighted by Crippen LogP contribution is -2.45. The van der Waals surface area contributed by atoms with Gasteiger partial charge in [-0.25, -0.2) is 4.79 Å². The van der Waals surface area contributed by atoms with Crippen LogP contribution in [-0.4, -0.2) is 42.5 Å². The second kappa shape index (κ2) is 10.1. The van der Waals surface area contributed by atoms with E-state index in [1.807, 2.05) is 6.92 Å². The van der Waals surface area contributed by atoms with Crippen molar-refractivity contribution in [2.45, 2.75) is 39.2 Å². The number of ether oxygens (including phenoxy) is 2. The molecule has 0 unspecified atom stereocenters. The number of hydrogen-bond donors (Lipinski definition) is 3. The van der Waals surface area contributed by atoms with Gasteiger partial charge in [0.15, 0.2) is 5.75 Å². The summed E-state index contributed by atoms with van der Waals surface area (Å²) in [6.45, 7) is 6.71. The van der Waals surface area contributed by atoms with Crippen LogP contribution in [0.4, 0.5) is 10.5 Å². The van der Waals surface area contributed by atoms with Crippen LogP contribution in [0, 0.1) is 0 Å². The van der Waals surface area contributed by atoms with Crippen LogP contribution in [-0.2, 0) is 9.53 Å². The average Bonchev–Trinajstić information content (AvgIpc) is 2.51. The van der Waals surface area contributed by atoms with Crippen molar-refractivity contribution in [1.82, 2.24) is 5.32 Å². The molecule has 3 N–H and O–H groups in total. The molecule has 0 saturated carbocycles. The number of urea groups is 1. The molecule has 0 heterocycles. The Bertz CT molecular complexity index is 592. The lowest BCUT2D eigenvalue weighted by Gasteiger charge is -2.26. The molecule has 0 fully saturated rings. The third-order valence-corrected chi connectivity index (χ3v) is 3.61. The van der Waals surface area contributed by atoms with Crippen molar-refractivity contribution in [1.29, 1.82) is 0 Å². The number of carbonyl (C=O) groups excluding carboxylic acids is 1. The molecule has 140 valence electrons. The summed E-state index contributed by atoms with van der Waals surface area (Å²) in [5.74, 6) is -0.544. The Morgan fingerprint density at radius 1 is 1.28 bits per heavy atom. The van der Waals surface area contributed by atoms with Gasteiger partial charge in [-0.05, 0) is 39.3 Å². The van der Waals surface area contributed by atoms with Crippen LogP contribution in [0.1, 0.15) is 33.6 Å². The van der Waals surface area contributed by atoms with E-state index in [1.54, 1.807) is 32.0 Å². The van der Waals surface area contributed by atoms with Crippen molar-refractivity contribution in [2.24, 2.45) is 0 Å². The molecule has 0 bridgehead atoms. The summed E-state index contributed by atoms with van der Waals surface area (Å²) < 4.78 is 10.8. The molecule has 1 rings (SSSR count). The Hall–Kier alpha value is -1.99. The van der Waals surface area contributed by atoms with Crippen LogP contribution >= 0.6 is 11.6 Å². The van der Waals surface area contributed by atoms with Crippen molar-refractivity contribution >= 4 is 29.3 Å². The number of hydrogen-bond acceptors (Lipinski definition) is 4. The molecule has 1 aromatic rings. The lowest BCUT2D eigenvalue weighted by atomic mass is 9.99. The first-order chi connectivity index (χ1) is 11.7. The highest BCUT2D eigenvalue weighted by atomic mass is 35.5. The maximum absolute atomic E-state index is 12.2. The number of nitrogens with one attached hydrogen (secondary N) is 2. The molecule has 0 atom stereocenters. The third kappa shape index (κ3) is 8.09. The largest absolute Gasteiger partial charge is 0.487 e. The Kier molecular flexibility index (Phi) is 8.51. The molecular weight excluding hydrogens is 348 g/mol. The predicted octanol–water partition coefficient (Wildman–Crippen LogP) is 3.52. The van der Waals surface area contributed by atoms with Gasteiger partial charge >= 0.3 is 12.0 Å². The van der Waals surface area contributed by atoms with Gasteiger partial charge in [-0.3, -0.25) is 4.79 Å². The summed E-state index contributed by atoms with van der Waals surface area (Å²) in [4.78, 5) is 22.9. The quantitative estimate of drug-likeness (QED) is 0.546. The molecule has 8 heteroatoms. The fraction of sp³-hybridized carbons (Fsp3) is 0.529. The zero-order chi connectivity index (χ0) is 18.9. The van der Waals surface area contributed by atoms with Crippen molar-refractivity contribution in [3.63, 3.8) is 0 Å². The molecule has 7 nitrogen and oxygen atoms in total. The van der Waals surface area contributed by atoms with Gasteiger partial charge in [-0.15, -0.1) is 0 Å². The number of halogens is 1. The predicted molar refractivity (Wildman–Crippen MR) is 96.5 cm³/mol. The summed E-state index contributed by atoms with van der Waals surface area (Å²) in [5, 5.41) is 14.6. The fourth-order valence-electron chi connectivity index (χ4n) is 2.04. The minimum Gasteiger partial charge on any atom is -0.487 e. The minimum atomic E-state index is -0.907. The molecule has 0 aliphatic carbocycles. The monoisotopic (exact) mass is 372 g/mol. The van der Waals surface area contributed by atoms with E-state index >= 15 is 0 Å². The number of anilines is 1. The average molecular weight is 373 g/mol. The summed E-state index contributed by atoms with van der Waals surface area (Å²) in [5.41, 5.74) is -0.243. The van der Waals surface area contributed by atoms with Crippen LogP contribution in [0.15, 0.2) is 18.2 Å². The Morgan fingerprint density at radius 2 is 2.00 bits per heavy atom. The minimum absolute atomic E-state index is 0.0315. The zero-order valence-corrected chi connectivity index (χ0v) is 15.5. The van der Waals surface area contributed by atoms with Gasteiger partial charge < -0.3 is 25.2 Å². The van der Waals surface area contributed by atoms with Gasteiger partial charge in [0.1, 0.15) is 6.61 Å². The van der Waals surface area contributed by atoms with E-state index in [4.69, 9.17) is 26.2 Å². The van der Waals surface area contributed by atoms with Gasteiger partial charge in [0.25, 0.3) is 0 Å². The van der Waals surface area contributed by atoms with Crippen LogP contribution in [0.25, 0.3) is 0 Å². The first-order valence-corrected chi connectivity index (χ1v) is 8.43. The van der Waals surface area contributed by atoms with Crippen LogP contribution < -0.4 is 15.4 Å². The summed E-state index contributed by atoms with van der Waals surface area (Å²) in [6, 6.07) is 4.57. The van der Waals surface area contributed by atoms with Crippen molar-refractivity contribution < 1.29 is 24.2 Å². The number of carbonyl (C=O) groups is 2.